The maximum Gasteiger partial charge on any atom is 0.126 e. The number of methoxy groups -OCH3 is 1. The van der Waals surface area contributed by atoms with Crippen LogP contribution < -0.4 is 10.1 Å². The Hall–Kier alpha value is -1.62. The van der Waals surface area contributed by atoms with Gasteiger partial charge in [0.2, 0.25) is 0 Å². The first kappa shape index (κ1) is 16.2. The minimum atomic E-state index is -0.472. The lowest BCUT2D eigenvalue weighted by molar-refractivity contribution is 0.0852. The van der Waals surface area contributed by atoms with Crippen LogP contribution in [0.1, 0.15) is 18.6 Å². The van der Waals surface area contributed by atoms with Crippen molar-refractivity contribution in [2.45, 2.75) is 13.0 Å². The van der Waals surface area contributed by atoms with E-state index in [1.807, 2.05) is 30.3 Å². The summed E-state index contributed by atoms with van der Waals surface area (Å²) < 4.78 is 5.45. The lowest BCUT2D eigenvalue weighted by Gasteiger charge is -2.31. The van der Waals surface area contributed by atoms with Gasteiger partial charge in [0.15, 0.2) is 0 Å². The van der Waals surface area contributed by atoms with Crippen LogP contribution in [0.15, 0.2) is 36.4 Å². The van der Waals surface area contributed by atoms with Gasteiger partial charge < -0.3 is 20.1 Å². The minimum Gasteiger partial charge on any atom is -0.496 e. The second-order valence-electron chi connectivity index (χ2n) is 6.38. The number of fused-ring (bicyclic) bond motifs is 1. The molecule has 1 fully saturated rings. The lowest BCUT2D eigenvalue weighted by atomic mass is 9.92. The van der Waals surface area contributed by atoms with E-state index in [4.69, 9.17) is 4.74 Å². The molecule has 23 heavy (non-hydrogen) atoms. The molecule has 2 aromatic rings. The van der Waals surface area contributed by atoms with Crippen molar-refractivity contribution in [2.24, 2.45) is 5.92 Å². The summed E-state index contributed by atoms with van der Waals surface area (Å²) in [7, 11) is 1.69. The Morgan fingerprint density at radius 2 is 1.83 bits per heavy atom. The van der Waals surface area contributed by atoms with Crippen LogP contribution in [-0.4, -0.2) is 49.8 Å². The van der Waals surface area contributed by atoms with Crippen LogP contribution >= 0.6 is 0 Å². The molecule has 4 heteroatoms. The highest BCUT2D eigenvalue weighted by molar-refractivity contribution is 5.91. The van der Waals surface area contributed by atoms with Crippen molar-refractivity contribution in [2.75, 3.05) is 39.8 Å². The summed E-state index contributed by atoms with van der Waals surface area (Å²) in [5.74, 6) is 1.04. The van der Waals surface area contributed by atoms with Crippen LogP contribution in [0.2, 0.25) is 0 Å². The summed E-state index contributed by atoms with van der Waals surface area (Å²) in [4.78, 5) is 2.43. The summed E-state index contributed by atoms with van der Waals surface area (Å²) >= 11 is 0. The molecule has 2 atom stereocenters. The Kier molecular flexibility index (Phi) is 5.16. The van der Waals surface area contributed by atoms with E-state index in [0.717, 1.165) is 54.8 Å². The standard InChI is InChI=1S/C19H26N2O2/c1-14(13-21-11-9-20-10-12-21)19(22)17-7-8-18(23-2)16-6-4-3-5-15(16)17/h3-8,14,19-20,22H,9-13H2,1-2H3. The third-order valence-electron chi connectivity index (χ3n) is 4.75. The number of piperazine rings is 1. The highest BCUT2D eigenvalue weighted by Gasteiger charge is 2.22. The fourth-order valence-corrected chi connectivity index (χ4v) is 3.44. The summed E-state index contributed by atoms with van der Waals surface area (Å²) in [5, 5.41) is 16.4. The van der Waals surface area contributed by atoms with E-state index in [-0.39, 0.29) is 5.92 Å². The molecule has 2 N–H and O–H groups in total. The molecule has 0 saturated carbocycles. The molecule has 2 unspecified atom stereocenters. The fraction of sp³-hybridized carbons (Fsp3) is 0.474. The average Bonchev–Trinajstić information content (AvgIpc) is 2.61. The topological polar surface area (TPSA) is 44.7 Å². The van der Waals surface area contributed by atoms with Crippen molar-refractivity contribution >= 4 is 10.8 Å². The third kappa shape index (κ3) is 3.50. The number of aliphatic hydroxyl groups is 1. The number of ether oxygens (including phenoxy) is 1. The van der Waals surface area contributed by atoms with Crippen LogP contribution in [0.5, 0.6) is 5.75 Å². The van der Waals surface area contributed by atoms with Crippen LogP contribution in [-0.2, 0) is 0 Å². The Labute approximate surface area is 138 Å². The van der Waals surface area contributed by atoms with E-state index in [1.165, 1.54) is 0 Å². The molecule has 0 bridgehead atoms. The predicted molar refractivity (Wildman–Crippen MR) is 93.9 cm³/mol. The van der Waals surface area contributed by atoms with E-state index < -0.39 is 6.10 Å². The summed E-state index contributed by atoms with van der Waals surface area (Å²) in [6.45, 7) is 7.23. The van der Waals surface area contributed by atoms with Crippen LogP contribution in [0.3, 0.4) is 0 Å². The van der Waals surface area contributed by atoms with Gasteiger partial charge in [0.25, 0.3) is 0 Å². The SMILES string of the molecule is COc1ccc(C(O)C(C)CN2CCNCC2)c2ccccc12. The maximum absolute atomic E-state index is 10.9. The Bertz CT molecular complexity index is 653. The fourth-order valence-electron chi connectivity index (χ4n) is 3.44. The first-order chi connectivity index (χ1) is 11.2. The predicted octanol–water partition coefficient (Wildman–Crippen LogP) is 2.42. The van der Waals surface area contributed by atoms with Gasteiger partial charge in [-0.25, -0.2) is 0 Å². The van der Waals surface area contributed by atoms with E-state index in [1.54, 1.807) is 7.11 Å². The molecule has 1 aliphatic heterocycles. The molecule has 3 rings (SSSR count). The highest BCUT2D eigenvalue weighted by Crippen LogP contribution is 2.34. The van der Waals surface area contributed by atoms with Crippen molar-refractivity contribution in [3.05, 3.63) is 42.0 Å². The molecular formula is C19H26N2O2. The quantitative estimate of drug-likeness (QED) is 0.890. The normalized spacial score (nSPS) is 18.7. The molecule has 1 aliphatic rings. The van der Waals surface area contributed by atoms with Gasteiger partial charge in [-0.05, 0) is 22.9 Å². The molecule has 0 radical (unpaired) electrons. The molecule has 124 valence electrons. The van der Waals surface area contributed by atoms with Gasteiger partial charge in [0.1, 0.15) is 5.75 Å². The zero-order valence-electron chi connectivity index (χ0n) is 14.0. The number of rotatable bonds is 5. The van der Waals surface area contributed by atoms with Gasteiger partial charge in [-0.1, -0.05) is 37.3 Å². The molecule has 2 aromatic carbocycles. The molecule has 4 nitrogen and oxygen atoms in total. The molecule has 0 aromatic heterocycles. The van der Waals surface area contributed by atoms with Gasteiger partial charge in [-0.3, -0.25) is 0 Å². The summed E-state index contributed by atoms with van der Waals surface area (Å²) in [6.07, 6.45) is -0.472. The van der Waals surface area contributed by atoms with E-state index in [2.05, 4.69) is 23.2 Å². The molecule has 0 spiro atoms. The van der Waals surface area contributed by atoms with Gasteiger partial charge >= 0.3 is 0 Å². The van der Waals surface area contributed by atoms with E-state index in [0.29, 0.717) is 0 Å². The highest BCUT2D eigenvalue weighted by atomic mass is 16.5. The van der Waals surface area contributed by atoms with Crippen molar-refractivity contribution in [1.29, 1.82) is 0 Å². The summed E-state index contributed by atoms with van der Waals surface area (Å²) in [5.41, 5.74) is 0.990. The largest absolute Gasteiger partial charge is 0.496 e. The number of nitrogens with one attached hydrogen (secondary N) is 1. The van der Waals surface area contributed by atoms with Crippen LogP contribution in [0, 0.1) is 5.92 Å². The smallest absolute Gasteiger partial charge is 0.126 e. The van der Waals surface area contributed by atoms with Crippen LogP contribution in [0.25, 0.3) is 10.8 Å². The zero-order valence-corrected chi connectivity index (χ0v) is 14.0. The minimum absolute atomic E-state index is 0.185. The van der Waals surface area contributed by atoms with Gasteiger partial charge in [-0.2, -0.15) is 0 Å². The Balaban J connectivity index is 1.84. The molecular weight excluding hydrogens is 288 g/mol. The summed E-state index contributed by atoms with van der Waals surface area (Å²) in [6, 6.07) is 12.1. The van der Waals surface area contributed by atoms with Crippen molar-refractivity contribution in [3.63, 3.8) is 0 Å². The maximum atomic E-state index is 10.9. The molecule has 0 aliphatic carbocycles. The van der Waals surface area contributed by atoms with Crippen molar-refractivity contribution < 1.29 is 9.84 Å². The van der Waals surface area contributed by atoms with Gasteiger partial charge in [-0.15, -0.1) is 0 Å². The van der Waals surface area contributed by atoms with E-state index in [9.17, 15) is 5.11 Å². The van der Waals surface area contributed by atoms with Gasteiger partial charge in [0, 0.05) is 38.1 Å². The van der Waals surface area contributed by atoms with Crippen molar-refractivity contribution in [1.82, 2.24) is 10.2 Å². The van der Waals surface area contributed by atoms with E-state index >= 15 is 0 Å². The zero-order chi connectivity index (χ0) is 16.2. The Morgan fingerprint density at radius 3 is 2.52 bits per heavy atom. The van der Waals surface area contributed by atoms with Crippen LogP contribution in [0.4, 0.5) is 0 Å². The lowest BCUT2D eigenvalue weighted by Crippen LogP contribution is -2.45. The Morgan fingerprint density at radius 1 is 1.13 bits per heavy atom. The first-order valence-electron chi connectivity index (χ1n) is 8.37. The van der Waals surface area contributed by atoms with Crippen molar-refractivity contribution in [3.8, 4) is 5.75 Å². The van der Waals surface area contributed by atoms with Gasteiger partial charge in [0.05, 0.1) is 13.2 Å². The third-order valence-corrected chi connectivity index (χ3v) is 4.75. The number of benzene rings is 2. The monoisotopic (exact) mass is 314 g/mol. The molecule has 1 heterocycles. The second kappa shape index (κ2) is 7.30. The number of hydrogen-bond acceptors (Lipinski definition) is 4. The first-order valence-corrected chi connectivity index (χ1v) is 8.37. The molecule has 1 saturated heterocycles. The number of hydrogen-bond donors (Lipinski definition) is 2. The number of nitrogens with zero attached hydrogens (tertiary/aromatic N) is 1. The number of aliphatic hydroxyl groups excluding tert-OH is 1. The average molecular weight is 314 g/mol. The molecule has 0 amide bonds. The second-order valence-corrected chi connectivity index (χ2v) is 6.38.